The third-order valence-electron chi connectivity index (χ3n) is 6.46. The molecule has 0 saturated carbocycles. The second-order valence-electron chi connectivity index (χ2n) is 8.95. The summed E-state index contributed by atoms with van der Waals surface area (Å²) in [5.41, 5.74) is 2.67. The molecule has 0 bridgehead atoms. The molecular formula is C27H34FN5O. The molecule has 0 atom stereocenters. The number of halogens is 1. The summed E-state index contributed by atoms with van der Waals surface area (Å²) in [7, 11) is 0. The van der Waals surface area contributed by atoms with E-state index in [-0.39, 0.29) is 18.3 Å². The van der Waals surface area contributed by atoms with Gasteiger partial charge in [0.2, 0.25) is 5.91 Å². The highest BCUT2D eigenvalue weighted by molar-refractivity contribution is 5.76. The predicted molar refractivity (Wildman–Crippen MR) is 133 cm³/mol. The van der Waals surface area contributed by atoms with Gasteiger partial charge in [-0.1, -0.05) is 37.6 Å². The Hall–Kier alpha value is -3.22. The third-order valence-corrected chi connectivity index (χ3v) is 6.46. The van der Waals surface area contributed by atoms with E-state index in [1.54, 1.807) is 23.7 Å². The van der Waals surface area contributed by atoms with Crippen molar-refractivity contribution in [2.45, 2.75) is 52.5 Å². The standard InChI is InChI=1S/C27H34FN5O/c1-3-4-12-25-29-27(22-13-14-24(28)21(2)19-22)30-33(25)20-26(34)32-17-15-31(16-18-32)23-10-8-6-5-7-9-11-23/h5-8,10,13-14,19H,3-4,9,11-12,15-18,20H2,1-2H3/b7-5-,8-6-,23-10+. The van der Waals surface area contributed by atoms with Crippen LogP contribution >= 0.6 is 0 Å². The van der Waals surface area contributed by atoms with Crippen LogP contribution in [-0.4, -0.2) is 56.7 Å². The van der Waals surface area contributed by atoms with Gasteiger partial charge in [-0.25, -0.2) is 14.1 Å². The highest BCUT2D eigenvalue weighted by Gasteiger charge is 2.24. The number of benzene rings is 1. The molecule has 0 N–H and O–H groups in total. The van der Waals surface area contributed by atoms with E-state index in [0.717, 1.165) is 56.6 Å². The van der Waals surface area contributed by atoms with E-state index in [2.05, 4.69) is 47.3 Å². The van der Waals surface area contributed by atoms with E-state index in [4.69, 9.17) is 4.98 Å². The number of unbranched alkanes of at least 4 members (excludes halogenated alkanes) is 1. The number of hydrogen-bond acceptors (Lipinski definition) is 4. The first-order chi connectivity index (χ1) is 16.5. The fraction of sp³-hybridized carbons (Fsp3) is 0.444. The van der Waals surface area contributed by atoms with Crippen molar-refractivity contribution in [2.24, 2.45) is 0 Å². The van der Waals surface area contributed by atoms with Crippen molar-refractivity contribution in [1.82, 2.24) is 24.6 Å². The molecule has 34 heavy (non-hydrogen) atoms. The fourth-order valence-corrected chi connectivity index (χ4v) is 4.38. The van der Waals surface area contributed by atoms with Gasteiger partial charge in [-0.05, 0) is 56.0 Å². The second-order valence-corrected chi connectivity index (χ2v) is 8.95. The lowest BCUT2D eigenvalue weighted by Crippen LogP contribution is -2.49. The summed E-state index contributed by atoms with van der Waals surface area (Å²) in [4.78, 5) is 22.2. The van der Waals surface area contributed by atoms with E-state index in [1.807, 2.05) is 4.90 Å². The molecule has 1 aromatic heterocycles. The number of rotatable bonds is 7. The van der Waals surface area contributed by atoms with Gasteiger partial charge in [-0.3, -0.25) is 4.79 Å². The highest BCUT2D eigenvalue weighted by atomic mass is 19.1. The zero-order valence-electron chi connectivity index (χ0n) is 20.2. The van der Waals surface area contributed by atoms with Crippen LogP contribution in [-0.2, 0) is 17.8 Å². The Morgan fingerprint density at radius 1 is 1.12 bits per heavy atom. The largest absolute Gasteiger partial charge is 0.371 e. The van der Waals surface area contributed by atoms with Gasteiger partial charge in [-0.2, -0.15) is 5.10 Å². The van der Waals surface area contributed by atoms with Gasteiger partial charge in [-0.15, -0.1) is 0 Å². The van der Waals surface area contributed by atoms with E-state index in [1.165, 1.54) is 11.8 Å². The summed E-state index contributed by atoms with van der Waals surface area (Å²) >= 11 is 0. The molecule has 1 aliphatic heterocycles. The molecule has 1 saturated heterocycles. The van der Waals surface area contributed by atoms with Crippen molar-refractivity contribution in [3.05, 3.63) is 71.5 Å². The van der Waals surface area contributed by atoms with Gasteiger partial charge < -0.3 is 9.80 Å². The zero-order chi connectivity index (χ0) is 23.9. The monoisotopic (exact) mass is 463 g/mol. The van der Waals surface area contributed by atoms with Crippen LogP contribution < -0.4 is 0 Å². The van der Waals surface area contributed by atoms with Crippen LogP contribution in [0.2, 0.25) is 0 Å². The molecule has 1 aromatic carbocycles. The van der Waals surface area contributed by atoms with Crippen molar-refractivity contribution in [3.63, 3.8) is 0 Å². The molecule has 4 rings (SSSR count). The van der Waals surface area contributed by atoms with E-state index in [0.29, 0.717) is 24.5 Å². The Kier molecular flexibility index (Phi) is 7.93. The van der Waals surface area contributed by atoms with Gasteiger partial charge in [0.15, 0.2) is 5.82 Å². The van der Waals surface area contributed by atoms with Crippen LogP contribution in [0.5, 0.6) is 0 Å². The van der Waals surface area contributed by atoms with Crippen LogP contribution in [0.4, 0.5) is 4.39 Å². The number of amides is 1. The molecule has 2 heterocycles. The van der Waals surface area contributed by atoms with Crippen molar-refractivity contribution in [2.75, 3.05) is 26.2 Å². The number of aryl methyl sites for hydroxylation is 2. The summed E-state index contributed by atoms with van der Waals surface area (Å²) in [6.45, 7) is 7.15. The SMILES string of the molecule is CCCCc1nc(-c2ccc(F)c(C)c2)nn1CC(=O)N1CCN(/C2=C/C=C\C=C/CC2)CC1. The Morgan fingerprint density at radius 3 is 2.71 bits per heavy atom. The maximum Gasteiger partial charge on any atom is 0.244 e. The van der Waals surface area contributed by atoms with Gasteiger partial charge >= 0.3 is 0 Å². The number of carbonyl (C=O) groups excluding carboxylic acids is 1. The minimum Gasteiger partial charge on any atom is -0.371 e. The molecule has 1 aliphatic carbocycles. The summed E-state index contributed by atoms with van der Waals surface area (Å²) in [6, 6.07) is 4.90. The summed E-state index contributed by atoms with van der Waals surface area (Å²) in [5.74, 6) is 1.18. The number of piperazine rings is 1. The fourth-order valence-electron chi connectivity index (χ4n) is 4.38. The lowest BCUT2D eigenvalue weighted by atomic mass is 10.1. The molecule has 1 fully saturated rings. The average Bonchev–Trinajstić information content (AvgIpc) is 3.22. The zero-order valence-corrected chi connectivity index (χ0v) is 20.2. The van der Waals surface area contributed by atoms with Crippen molar-refractivity contribution in [3.8, 4) is 11.4 Å². The molecule has 2 aliphatic rings. The van der Waals surface area contributed by atoms with Gasteiger partial charge in [0.1, 0.15) is 18.2 Å². The van der Waals surface area contributed by atoms with Gasteiger partial charge in [0, 0.05) is 43.9 Å². The molecule has 6 nitrogen and oxygen atoms in total. The molecule has 0 spiro atoms. The molecule has 1 amide bonds. The number of nitrogens with zero attached hydrogens (tertiary/aromatic N) is 5. The number of hydrogen-bond donors (Lipinski definition) is 0. The third kappa shape index (κ3) is 5.82. The Bertz CT molecular complexity index is 1090. The van der Waals surface area contributed by atoms with Crippen LogP contribution in [0.25, 0.3) is 11.4 Å². The van der Waals surface area contributed by atoms with E-state index < -0.39 is 0 Å². The van der Waals surface area contributed by atoms with E-state index in [9.17, 15) is 9.18 Å². The Balaban J connectivity index is 1.42. The van der Waals surface area contributed by atoms with Crippen molar-refractivity contribution < 1.29 is 9.18 Å². The van der Waals surface area contributed by atoms with Gasteiger partial charge in [0.05, 0.1) is 0 Å². The molecule has 0 radical (unpaired) electrons. The van der Waals surface area contributed by atoms with Gasteiger partial charge in [0.25, 0.3) is 0 Å². The maximum absolute atomic E-state index is 13.7. The normalized spacial score (nSPS) is 19.8. The van der Waals surface area contributed by atoms with E-state index >= 15 is 0 Å². The lowest BCUT2D eigenvalue weighted by Gasteiger charge is -2.37. The Morgan fingerprint density at radius 2 is 1.94 bits per heavy atom. The first-order valence-electron chi connectivity index (χ1n) is 12.3. The molecule has 180 valence electrons. The quantitative estimate of drug-likeness (QED) is 0.599. The average molecular weight is 464 g/mol. The van der Waals surface area contributed by atoms with Crippen LogP contribution in [0, 0.1) is 12.7 Å². The second kappa shape index (κ2) is 11.3. The highest BCUT2D eigenvalue weighted by Crippen LogP contribution is 2.21. The minimum atomic E-state index is -0.244. The number of carbonyl (C=O) groups is 1. The molecule has 2 aromatic rings. The summed E-state index contributed by atoms with van der Waals surface area (Å²) in [6.07, 6.45) is 15.5. The van der Waals surface area contributed by atoms with Crippen molar-refractivity contribution >= 4 is 5.91 Å². The molecular weight excluding hydrogens is 429 g/mol. The predicted octanol–water partition coefficient (Wildman–Crippen LogP) is 4.67. The lowest BCUT2D eigenvalue weighted by molar-refractivity contribution is -0.133. The summed E-state index contributed by atoms with van der Waals surface area (Å²) < 4.78 is 15.5. The molecule has 0 unspecified atom stereocenters. The topological polar surface area (TPSA) is 54.3 Å². The van der Waals surface area contributed by atoms with Crippen LogP contribution in [0.15, 0.2) is 54.3 Å². The van der Waals surface area contributed by atoms with Crippen molar-refractivity contribution in [1.29, 1.82) is 0 Å². The smallest absolute Gasteiger partial charge is 0.244 e. The Labute approximate surface area is 201 Å². The summed E-state index contributed by atoms with van der Waals surface area (Å²) in [5, 5.41) is 4.65. The van der Waals surface area contributed by atoms with Crippen LogP contribution in [0.1, 0.15) is 44.0 Å². The van der Waals surface area contributed by atoms with Crippen LogP contribution in [0.3, 0.4) is 0 Å². The first kappa shape index (κ1) is 23.9. The minimum absolute atomic E-state index is 0.0682. The maximum atomic E-state index is 13.7. The molecule has 7 heteroatoms. The number of aromatic nitrogens is 3. The number of allylic oxidation sites excluding steroid dienone is 6. The first-order valence-corrected chi connectivity index (χ1v) is 12.3.